The number of carbonyl (C=O) groups is 1. The smallest absolute Gasteiger partial charge is 0.273 e. The van der Waals surface area contributed by atoms with Crippen LogP contribution in [0.3, 0.4) is 0 Å². The Morgan fingerprint density at radius 2 is 2.12 bits per heavy atom. The first kappa shape index (κ1) is 17.3. The highest BCUT2D eigenvalue weighted by molar-refractivity contribution is 7.15. The summed E-state index contributed by atoms with van der Waals surface area (Å²) in [5.74, 6) is 0.334. The number of hydrogen-bond donors (Lipinski definition) is 1. The van der Waals surface area contributed by atoms with Crippen molar-refractivity contribution in [2.45, 2.75) is 38.0 Å². The average Bonchev–Trinajstić information content (AvgIpc) is 3.09. The van der Waals surface area contributed by atoms with Crippen LogP contribution in [0.1, 0.15) is 43.0 Å². The molecule has 0 spiro atoms. The predicted octanol–water partition coefficient (Wildman–Crippen LogP) is 3.51. The maximum Gasteiger partial charge on any atom is 0.273 e. The largest absolute Gasteiger partial charge is 0.484 e. The molecule has 0 atom stereocenters. The van der Waals surface area contributed by atoms with Crippen LogP contribution in [0.2, 0.25) is 0 Å². The highest BCUT2D eigenvalue weighted by Crippen LogP contribution is 2.35. The molecule has 1 amide bonds. The first-order chi connectivity index (χ1) is 12.1. The summed E-state index contributed by atoms with van der Waals surface area (Å²) in [4.78, 5) is 22.2. The van der Waals surface area contributed by atoms with E-state index in [0.717, 1.165) is 17.8 Å². The minimum atomic E-state index is -0.513. The summed E-state index contributed by atoms with van der Waals surface area (Å²) >= 11 is 1.40. The number of anilines is 1. The highest BCUT2D eigenvalue weighted by atomic mass is 32.1. The van der Waals surface area contributed by atoms with E-state index in [9.17, 15) is 14.9 Å². The summed E-state index contributed by atoms with van der Waals surface area (Å²) < 4.78 is 5.29. The van der Waals surface area contributed by atoms with Crippen molar-refractivity contribution >= 4 is 28.1 Å². The molecule has 1 heterocycles. The van der Waals surface area contributed by atoms with Gasteiger partial charge in [0.2, 0.25) is 5.13 Å². The quantitative estimate of drug-likeness (QED) is 0.622. The van der Waals surface area contributed by atoms with E-state index >= 15 is 0 Å². The Morgan fingerprint density at radius 3 is 2.88 bits per heavy atom. The van der Waals surface area contributed by atoms with Crippen LogP contribution in [0.15, 0.2) is 24.3 Å². The number of hydrogen-bond acceptors (Lipinski definition) is 7. The van der Waals surface area contributed by atoms with Crippen LogP contribution in [0.4, 0.5) is 10.8 Å². The summed E-state index contributed by atoms with van der Waals surface area (Å²) in [6.07, 6.45) is 5.94. The summed E-state index contributed by atoms with van der Waals surface area (Å²) in [6, 6.07) is 5.71. The standard InChI is InChI=1S/C16H18N4O4S/c21-14(10-24-13-8-4-7-12(9-13)20(22)23)17-16-19-18-15(25-16)11-5-2-1-3-6-11/h4,7-9,11H,1-3,5-6,10H2,(H,17,19,21). The summed E-state index contributed by atoms with van der Waals surface area (Å²) in [6.45, 7) is -0.250. The molecule has 8 nitrogen and oxygen atoms in total. The Morgan fingerprint density at radius 1 is 1.32 bits per heavy atom. The molecule has 25 heavy (non-hydrogen) atoms. The fraction of sp³-hybridized carbons (Fsp3) is 0.438. The fourth-order valence-electron chi connectivity index (χ4n) is 2.79. The number of rotatable bonds is 6. The van der Waals surface area contributed by atoms with Gasteiger partial charge in [-0.05, 0) is 18.9 Å². The number of carbonyl (C=O) groups excluding carboxylic acids is 1. The summed E-state index contributed by atoms with van der Waals surface area (Å²) in [5.41, 5.74) is -0.0841. The molecule has 1 saturated carbocycles. The molecule has 0 saturated heterocycles. The molecule has 1 aromatic carbocycles. The van der Waals surface area contributed by atoms with Gasteiger partial charge >= 0.3 is 0 Å². The zero-order chi connectivity index (χ0) is 17.6. The van der Waals surface area contributed by atoms with Gasteiger partial charge in [-0.3, -0.25) is 20.2 Å². The van der Waals surface area contributed by atoms with Crippen LogP contribution in [-0.4, -0.2) is 27.6 Å². The minimum absolute atomic E-state index is 0.0841. The summed E-state index contributed by atoms with van der Waals surface area (Å²) in [7, 11) is 0. The topological polar surface area (TPSA) is 107 Å². The van der Waals surface area contributed by atoms with Gasteiger partial charge in [0.15, 0.2) is 6.61 Å². The van der Waals surface area contributed by atoms with Crippen molar-refractivity contribution in [3.05, 3.63) is 39.4 Å². The molecule has 3 rings (SSSR count). The van der Waals surface area contributed by atoms with E-state index in [2.05, 4.69) is 15.5 Å². The van der Waals surface area contributed by atoms with Gasteiger partial charge < -0.3 is 4.74 Å². The van der Waals surface area contributed by atoms with Crippen LogP contribution in [0.25, 0.3) is 0 Å². The molecule has 0 unspecified atom stereocenters. The molecule has 1 fully saturated rings. The van der Waals surface area contributed by atoms with Crippen LogP contribution >= 0.6 is 11.3 Å². The number of ether oxygens (including phenoxy) is 1. The molecule has 0 radical (unpaired) electrons. The van der Waals surface area contributed by atoms with Crippen molar-refractivity contribution < 1.29 is 14.5 Å². The first-order valence-corrected chi connectivity index (χ1v) is 8.94. The monoisotopic (exact) mass is 362 g/mol. The van der Waals surface area contributed by atoms with E-state index in [1.54, 1.807) is 6.07 Å². The highest BCUT2D eigenvalue weighted by Gasteiger charge is 2.20. The molecule has 132 valence electrons. The van der Waals surface area contributed by atoms with Gasteiger partial charge in [-0.15, -0.1) is 10.2 Å². The third kappa shape index (κ3) is 4.72. The van der Waals surface area contributed by atoms with Crippen molar-refractivity contribution in [1.29, 1.82) is 0 Å². The van der Waals surface area contributed by atoms with E-state index in [1.807, 2.05) is 0 Å². The SMILES string of the molecule is O=C(COc1cccc([N+](=O)[O-])c1)Nc1nnc(C2CCCCC2)s1. The minimum Gasteiger partial charge on any atom is -0.484 e. The lowest BCUT2D eigenvalue weighted by Crippen LogP contribution is -2.20. The van der Waals surface area contributed by atoms with Crippen LogP contribution < -0.4 is 10.1 Å². The van der Waals surface area contributed by atoms with Crippen LogP contribution in [-0.2, 0) is 4.79 Å². The van der Waals surface area contributed by atoms with Crippen LogP contribution in [0, 0.1) is 10.1 Å². The normalized spacial score (nSPS) is 14.9. The van der Waals surface area contributed by atoms with Crippen molar-refractivity contribution in [1.82, 2.24) is 10.2 Å². The zero-order valence-electron chi connectivity index (χ0n) is 13.5. The van der Waals surface area contributed by atoms with Crippen molar-refractivity contribution in [2.75, 3.05) is 11.9 Å². The molecule has 1 N–H and O–H groups in total. The van der Waals surface area contributed by atoms with Gasteiger partial charge in [0, 0.05) is 12.0 Å². The zero-order valence-corrected chi connectivity index (χ0v) is 14.3. The Balaban J connectivity index is 1.52. The number of benzene rings is 1. The Kier molecular flexibility index (Phi) is 5.54. The third-order valence-electron chi connectivity index (χ3n) is 4.04. The maximum absolute atomic E-state index is 12.0. The number of amides is 1. The van der Waals surface area contributed by atoms with E-state index in [0.29, 0.717) is 11.0 Å². The molecule has 0 aliphatic heterocycles. The molecular formula is C16H18N4O4S. The number of aromatic nitrogens is 2. The van der Waals surface area contributed by atoms with E-state index < -0.39 is 4.92 Å². The van der Waals surface area contributed by atoms with Crippen molar-refractivity contribution in [2.24, 2.45) is 0 Å². The lowest BCUT2D eigenvalue weighted by molar-refractivity contribution is -0.384. The molecule has 0 bridgehead atoms. The Labute approximate surface area is 148 Å². The predicted molar refractivity (Wildman–Crippen MR) is 93.0 cm³/mol. The van der Waals surface area contributed by atoms with Gasteiger partial charge in [0.1, 0.15) is 10.8 Å². The molecule has 1 aliphatic rings. The Bertz CT molecular complexity index is 758. The second kappa shape index (κ2) is 8.02. The number of nitrogens with one attached hydrogen (secondary N) is 1. The molecule has 2 aromatic rings. The number of nitro benzene ring substituents is 1. The molecule has 9 heteroatoms. The second-order valence-corrected chi connectivity index (χ2v) is 6.88. The van der Waals surface area contributed by atoms with Crippen molar-refractivity contribution in [3.8, 4) is 5.75 Å². The fourth-order valence-corrected chi connectivity index (χ4v) is 3.72. The molecule has 1 aliphatic carbocycles. The van der Waals surface area contributed by atoms with E-state index in [4.69, 9.17) is 4.74 Å². The van der Waals surface area contributed by atoms with E-state index in [1.165, 1.54) is 48.8 Å². The lowest BCUT2D eigenvalue weighted by atomic mass is 9.90. The summed E-state index contributed by atoms with van der Waals surface area (Å²) in [5, 5.41) is 23.0. The van der Waals surface area contributed by atoms with Gasteiger partial charge in [0.25, 0.3) is 11.6 Å². The number of nitro groups is 1. The van der Waals surface area contributed by atoms with Gasteiger partial charge in [-0.1, -0.05) is 36.7 Å². The maximum atomic E-state index is 12.0. The van der Waals surface area contributed by atoms with Gasteiger partial charge in [-0.25, -0.2) is 0 Å². The lowest BCUT2D eigenvalue weighted by Gasteiger charge is -2.18. The average molecular weight is 362 g/mol. The molecular weight excluding hydrogens is 344 g/mol. The third-order valence-corrected chi connectivity index (χ3v) is 5.04. The van der Waals surface area contributed by atoms with Gasteiger partial charge in [0.05, 0.1) is 11.0 Å². The van der Waals surface area contributed by atoms with Crippen LogP contribution in [0.5, 0.6) is 5.75 Å². The van der Waals surface area contributed by atoms with Gasteiger partial charge in [-0.2, -0.15) is 0 Å². The first-order valence-electron chi connectivity index (χ1n) is 8.12. The Hall–Kier alpha value is -2.55. The molecule has 1 aromatic heterocycles. The number of non-ortho nitro benzene ring substituents is 1. The number of nitrogens with zero attached hydrogens (tertiary/aromatic N) is 3. The second-order valence-electron chi connectivity index (χ2n) is 5.87. The van der Waals surface area contributed by atoms with Crippen molar-refractivity contribution in [3.63, 3.8) is 0 Å². The van der Waals surface area contributed by atoms with E-state index in [-0.39, 0.29) is 24.0 Å².